The zero-order valence-corrected chi connectivity index (χ0v) is 11.9. The number of thioether (sulfide) groups is 1. The van der Waals surface area contributed by atoms with Crippen molar-refractivity contribution < 1.29 is 4.79 Å². The fourth-order valence-corrected chi connectivity index (χ4v) is 2.98. The lowest BCUT2D eigenvalue weighted by Crippen LogP contribution is -2.60. The Morgan fingerprint density at radius 3 is 2.94 bits per heavy atom. The van der Waals surface area contributed by atoms with Crippen LogP contribution >= 0.6 is 11.8 Å². The van der Waals surface area contributed by atoms with Gasteiger partial charge in [0.2, 0.25) is 0 Å². The van der Waals surface area contributed by atoms with Crippen molar-refractivity contribution in [2.24, 2.45) is 11.7 Å². The van der Waals surface area contributed by atoms with E-state index in [9.17, 15) is 4.79 Å². The maximum absolute atomic E-state index is 10.8. The minimum atomic E-state index is 0.158. The van der Waals surface area contributed by atoms with Gasteiger partial charge in [-0.3, -0.25) is 9.69 Å². The highest BCUT2D eigenvalue weighted by atomic mass is 32.2. The van der Waals surface area contributed by atoms with E-state index in [-0.39, 0.29) is 11.9 Å². The minimum Gasteiger partial charge on any atom is -0.315 e. The number of nitrogens with one attached hydrogen (secondary N) is 1. The summed E-state index contributed by atoms with van der Waals surface area (Å²) in [6, 6.07) is 0.513. The molecule has 3 atom stereocenters. The van der Waals surface area contributed by atoms with Crippen molar-refractivity contribution in [3.05, 3.63) is 0 Å². The Labute approximate surface area is 109 Å². The average Bonchev–Trinajstić information content (AvgIpc) is 2.28. The molecule has 1 aliphatic rings. The van der Waals surface area contributed by atoms with E-state index in [1.54, 1.807) is 18.7 Å². The Kier molecular flexibility index (Phi) is 6.48. The van der Waals surface area contributed by atoms with Crippen LogP contribution in [0.5, 0.6) is 0 Å². The predicted molar refractivity (Wildman–Crippen MR) is 73.9 cm³/mol. The summed E-state index contributed by atoms with van der Waals surface area (Å²) >= 11 is 1.73. The molecular weight excluding hydrogens is 234 g/mol. The van der Waals surface area contributed by atoms with Crippen molar-refractivity contribution in [2.45, 2.75) is 38.9 Å². The lowest BCUT2D eigenvalue weighted by Gasteiger charge is -2.41. The molecule has 2 unspecified atom stereocenters. The molecule has 1 rings (SSSR count). The second-order valence-corrected chi connectivity index (χ2v) is 6.08. The van der Waals surface area contributed by atoms with Crippen molar-refractivity contribution in [1.82, 2.24) is 10.2 Å². The summed E-state index contributed by atoms with van der Waals surface area (Å²) in [6.07, 6.45) is 2.45. The normalized spacial score (nSPS) is 30.5. The highest BCUT2D eigenvalue weighted by molar-refractivity contribution is 7.99. The molecule has 17 heavy (non-hydrogen) atoms. The van der Waals surface area contributed by atoms with Gasteiger partial charge < -0.3 is 11.1 Å². The first kappa shape index (κ1) is 15.0. The molecule has 0 aromatic heterocycles. The van der Waals surface area contributed by atoms with E-state index in [1.165, 1.54) is 0 Å². The first-order chi connectivity index (χ1) is 8.02. The van der Waals surface area contributed by atoms with Crippen LogP contribution in [0.2, 0.25) is 0 Å². The topological polar surface area (TPSA) is 58.4 Å². The molecule has 1 aliphatic heterocycles. The molecule has 1 heterocycles. The van der Waals surface area contributed by atoms with Gasteiger partial charge in [-0.15, -0.1) is 0 Å². The van der Waals surface area contributed by atoms with Crippen LogP contribution in [0.1, 0.15) is 26.7 Å². The van der Waals surface area contributed by atoms with E-state index in [4.69, 9.17) is 5.73 Å². The van der Waals surface area contributed by atoms with Gasteiger partial charge in [0.15, 0.2) is 0 Å². The van der Waals surface area contributed by atoms with Crippen LogP contribution in [0.25, 0.3) is 0 Å². The molecule has 0 amide bonds. The third-order valence-corrected chi connectivity index (χ3v) is 4.58. The summed E-state index contributed by atoms with van der Waals surface area (Å²) in [6.45, 7) is 4.73. The molecule has 5 heteroatoms. The van der Waals surface area contributed by atoms with Crippen LogP contribution in [-0.2, 0) is 4.79 Å². The monoisotopic (exact) mass is 259 g/mol. The zero-order valence-electron chi connectivity index (χ0n) is 11.1. The molecule has 3 N–H and O–H groups in total. The Balaban J connectivity index is 2.16. The van der Waals surface area contributed by atoms with Gasteiger partial charge in [0.05, 0.1) is 11.9 Å². The largest absolute Gasteiger partial charge is 0.315 e. The minimum absolute atomic E-state index is 0.158. The SMILES string of the molecule is CC(=O)CSCCCC1NCN(C)C(N)[C@H]1C. The lowest BCUT2D eigenvalue weighted by atomic mass is 9.93. The van der Waals surface area contributed by atoms with E-state index < -0.39 is 0 Å². The second kappa shape index (κ2) is 7.36. The first-order valence-corrected chi connectivity index (χ1v) is 7.44. The number of hydrogen-bond acceptors (Lipinski definition) is 5. The number of Topliss-reactive ketones (excluding diaryl/α,β-unsaturated/α-hetero) is 1. The molecule has 0 saturated carbocycles. The Hall–Kier alpha value is -0.100. The highest BCUT2D eigenvalue weighted by Crippen LogP contribution is 2.19. The van der Waals surface area contributed by atoms with E-state index >= 15 is 0 Å². The van der Waals surface area contributed by atoms with Crippen molar-refractivity contribution in [1.29, 1.82) is 0 Å². The number of carbonyl (C=O) groups excluding carboxylic acids is 1. The average molecular weight is 259 g/mol. The smallest absolute Gasteiger partial charge is 0.139 e. The van der Waals surface area contributed by atoms with Crippen LogP contribution in [0.3, 0.4) is 0 Å². The standard InChI is InChI=1S/C12H25N3OS/c1-9(16)7-17-6-4-5-11-10(2)12(13)15(3)8-14-11/h10-12,14H,4-8,13H2,1-3H3/t10-,11?,12?/m0/s1. The highest BCUT2D eigenvalue weighted by Gasteiger charge is 2.29. The molecule has 0 radical (unpaired) electrons. The maximum atomic E-state index is 10.8. The molecule has 100 valence electrons. The predicted octanol–water partition coefficient (Wildman–Crippen LogP) is 0.871. The number of rotatable bonds is 6. The molecule has 0 aromatic rings. The van der Waals surface area contributed by atoms with Crippen molar-refractivity contribution in [3.8, 4) is 0 Å². The molecule has 0 bridgehead atoms. The molecule has 1 fully saturated rings. The third kappa shape index (κ3) is 4.95. The second-order valence-electron chi connectivity index (χ2n) is 4.97. The van der Waals surface area contributed by atoms with Gasteiger partial charge >= 0.3 is 0 Å². The quantitative estimate of drug-likeness (QED) is 0.693. The zero-order chi connectivity index (χ0) is 12.8. The number of nitrogens with two attached hydrogens (primary N) is 1. The molecule has 0 aliphatic carbocycles. The summed E-state index contributed by atoms with van der Waals surface area (Å²) in [7, 11) is 2.05. The van der Waals surface area contributed by atoms with Crippen molar-refractivity contribution in [2.75, 3.05) is 25.2 Å². The van der Waals surface area contributed by atoms with E-state index in [0.717, 1.165) is 25.3 Å². The van der Waals surface area contributed by atoms with E-state index in [0.29, 0.717) is 17.7 Å². The summed E-state index contributed by atoms with van der Waals surface area (Å²) in [5.74, 6) is 2.46. The summed E-state index contributed by atoms with van der Waals surface area (Å²) in [5.41, 5.74) is 6.12. The number of hydrogen-bond donors (Lipinski definition) is 2. The van der Waals surface area contributed by atoms with Crippen LogP contribution in [-0.4, -0.2) is 48.1 Å². The van der Waals surface area contributed by atoms with Gasteiger partial charge in [0.1, 0.15) is 5.78 Å². The van der Waals surface area contributed by atoms with Crippen molar-refractivity contribution >= 4 is 17.5 Å². The molecular formula is C12H25N3OS. The summed E-state index contributed by atoms with van der Waals surface area (Å²) in [5, 5.41) is 3.52. The van der Waals surface area contributed by atoms with Crippen molar-refractivity contribution in [3.63, 3.8) is 0 Å². The summed E-state index contributed by atoms with van der Waals surface area (Å²) in [4.78, 5) is 12.9. The fraction of sp³-hybridized carbons (Fsp3) is 0.917. The maximum Gasteiger partial charge on any atom is 0.139 e. The van der Waals surface area contributed by atoms with Crippen LogP contribution in [0.4, 0.5) is 0 Å². The Morgan fingerprint density at radius 2 is 2.29 bits per heavy atom. The molecule has 1 saturated heterocycles. The summed E-state index contributed by atoms with van der Waals surface area (Å²) < 4.78 is 0. The first-order valence-electron chi connectivity index (χ1n) is 6.28. The van der Waals surface area contributed by atoms with Crippen LogP contribution in [0.15, 0.2) is 0 Å². The third-order valence-electron chi connectivity index (χ3n) is 3.39. The van der Waals surface area contributed by atoms with Gasteiger partial charge in [-0.05, 0) is 38.5 Å². The molecule has 0 aromatic carbocycles. The fourth-order valence-electron chi connectivity index (χ4n) is 2.18. The Morgan fingerprint density at radius 1 is 1.59 bits per heavy atom. The van der Waals surface area contributed by atoms with Crippen LogP contribution in [0, 0.1) is 5.92 Å². The van der Waals surface area contributed by atoms with Gasteiger partial charge in [0.25, 0.3) is 0 Å². The van der Waals surface area contributed by atoms with Gasteiger partial charge in [-0.2, -0.15) is 11.8 Å². The number of carbonyl (C=O) groups is 1. The lowest BCUT2D eigenvalue weighted by molar-refractivity contribution is -0.114. The van der Waals surface area contributed by atoms with Gasteiger partial charge in [0, 0.05) is 12.7 Å². The van der Waals surface area contributed by atoms with E-state index in [2.05, 4.69) is 17.1 Å². The van der Waals surface area contributed by atoms with Gasteiger partial charge in [-0.25, -0.2) is 0 Å². The van der Waals surface area contributed by atoms with Gasteiger partial charge in [-0.1, -0.05) is 6.92 Å². The molecule has 4 nitrogen and oxygen atoms in total. The van der Waals surface area contributed by atoms with Crippen LogP contribution < -0.4 is 11.1 Å². The van der Waals surface area contributed by atoms with E-state index in [1.807, 2.05) is 7.05 Å². The number of ketones is 1. The molecule has 0 spiro atoms. The Bertz CT molecular complexity index is 250. The number of nitrogens with zero attached hydrogens (tertiary/aromatic N) is 1.